The SMILES string of the molecule is COC1(C(C)(C)C)Cc2cc(C)ccc2C(=O)N1. The molecule has 18 heavy (non-hydrogen) atoms. The number of carbonyl (C=O) groups is 1. The minimum Gasteiger partial charge on any atom is -0.358 e. The lowest BCUT2D eigenvalue weighted by molar-refractivity contribution is -0.112. The monoisotopic (exact) mass is 247 g/mol. The van der Waals surface area contributed by atoms with Crippen molar-refractivity contribution in [3.63, 3.8) is 0 Å². The van der Waals surface area contributed by atoms with Crippen LogP contribution in [-0.2, 0) is 11.2 Å². The van der Waals surface area contributed by atoms with Crippen LogP contribution < -0.4 is 5.32 Å². The van der Waals surface area contributed by atoms with Gasteiger partial charge >= 0.3 is 0 Å². The molecule has 1 unspecified atom stereocenters. The van der Waals surface area contributed by atoms with E-state index in [-0.39, 0.29) is 11.3 Å². The summed E-state index contributed by atoms with van der Waals surface area (Å²) >= 11 is 0. The summed E-state index contributed by atoms with van der Waals surface area (Å²) < 4.78 is 5.68. The summed E-state index contributed by atoms with van der Waals surface area (Å²) in [5.41, 5.74) is 2.19. The summed E-state index contributed by atoms with van der Waals surface area (Å²) in [5, 5.41) is 3.03. The summed E-state index contributed by atoms with van der Waals surface area (Å²) in [6.07, 6.45) is 0.704. The smallest absolute Gasteiger partial charge is 0.253 e. The summed E-state index contributed by atoms with van der Waals surface area (Å²) in [7, 11) is 1.66. The largest absolute Gasteiger partial charge is 0.358 e. The van der Waals surface area contributed by atoms with Crippen molar-refractivity contribution in [1.29, 1.82) is 0 Å². The fraction of sp³-hybridized carbons (Fsp3) is 0.533. The van der Waals surface area contributed by atoms with E-state index < -0.39 is 5.72 Å². The number of rotatable bonds is 1. The molecular weight excluding hydrogens is 226 g/mol. The minimum atomic E-state index is -0.634. The van der Waals surface area contributed by atoms with Crippen LogP contribution in [-0.4, -0.2) is 18.7 Å². The number of fused-ring (bicyclic) bond motifs is 1. The van der Waals surface area contributed by atoms with Crippen LogP contribution in [0.25, 0.3) is 0 Å². The number of aryl methyl sites for hydroxylation is 1. The Labute approximate surface area is 109 Å². The average Bonchev–Trinajstić information content (AvgIpc) is 2.26. The Balaban J connectivity index is 2.52. The predicted molar refractivity (Wildman–Crippen MR) is 71.5 cm³/mol. The topological polar surface area (TPSA) is 38.3 Å². The molecule has 0 saturated carbocycles. The normalized spacial score (nSPS) is 23.5. The molecule has 3 heteroatoms. The molecular formula is C15H21NO2. The summed E-state index contributed by atoms with van der Waals surface area (Å²) in [5.74, 6) is -0.0481. The van der Waals surface area contributed by atoms with Gasteiger partial charge in [-0.25, -0.2) is 0 Å². The second kappa shape index (κ2) is 4.09. The number of hydrogen-bond donors (Lipinski definition) is 1. The number of amides is 1. The fourth-order valence-corrected chi connectivity index (χ4v) is 2.54. The summed E-state index contributed by atoms with van der Waals surface area (Å²) in [6.45, 7) is 8.28. The van der Waals surface area contributed by atoms with Gasteiger partial charge in [0.1, 0.15) is 5.72 Å². The van der Waals surface area contributed by atoms with E-state index in [2.05, 4.69) is 32.2 Å². The Morgan fingerprint density at radius 1 is 1.33 bits per heavy atom. The molecule has 1 amide bonds. The van der Waals surface area contributed by atoms with Gasteiger partial charge in [0, 0.05) is 24.5 Å². The van der Waals surface area contributed by atoms with Gasteiger partial charge in [-0.1, -0.05) is 38.5 Å². The first-order valence-electron chi connectivity index (χ1n) is 6.26. The third kappa shape index (κ3) is 1.93. The van der Waals surface area contributed by atoms with Crippen molar-refractivity contribution in [2.45, 2.75) is 39.8 Å². The molecule has 1 aromatic carbocycles. The quantitative estimate of drug-likeness (QED) is 0.828. The van der Waals surface area contributed by atoms with E-state index in [1.54, 1.807) is 7.11 Å². The number of hydrogen-bond acceptors (Lipinski definition) is 2. The van der Waals surface area contributed by atoms with E-state index in [1.807, 2.05) is 19.1 Å². The Kier molecular flexibility index (Phi) is 2.98. The highest BCUT2D eigenvalue weighted by molar-refractivity contribution is 5.97. The summed E-state index contributed by atoms with van der Waals surface area (Å²) in [4.78, 5) is 12.2. The van der Waals surface area contributed by atoms with E-state index in [4.69, 9.17) is 4.74 Å². The van der Waals surface area contributed by atoms with Crippen LogP contribution in [0.1, 0.15) is 42.3 Å². The fourth-order valence-electron chi connectivity index (χ4n) is 2.54. The van der Waals surface area contributed by atoms with E-state index in [0.717, 1.165) is 11.1 Å². The van der Waals surface area contributed by atoms with Gasteiger partial charge in [-0.3, -0.25) is 4.79 Å². The molecule has 1 aliphatic rings. The maximum absolute atomic E-state index is 12.2. The molecule has 1 N–H and O–H groups in total. The van der Waals surface area contributed by atoms with Crippen LogP contribution in [0.4, 0.5) is 0 Å². The standard InChI is InChI=1S/C15H21NO2/c1-10-6-7-12-11(8-10)9-15(18-5,14(2,3)4)16-13(12)17/h6-8H,9H2,1-5H3,(H,16,17). The molecule has 0 fully saturated rings. The molecule has 0 saturated heterocycles. The number of methoxy groups -OCH3 is 1. The number of benzene rings is 1. The van der Waals surface area contributed by atoms with E-state index in [9.17, 15) is 4.79 Å². The van der Waals surface area contributed by atoms with Gasteiger partial charge in [0.25, 0.3) is 5.91 Å². The van der Waals surface area contributed by atoms with E-state index >= 15 is 0 Å². The second-order valence-electron chi connectivity index (χ2n) is 6.07. The molecule has 3 nitrogen and oxygen atoms in total. The Hall–Kier alpha value is -1.35. The van der Waals surface area contributed by atoms with Gasteiger partial charge in [0.05, 0.1) is 0 Å². The Morgan fingerprint density at radius 2 is 2.00 bits per heavy atom. The van der Waals surface area contributed by atoms with Gasteiger partial charge in [-0.15, -0.1) is 0 Å². The molecule has 1 aliphatic heterocycles. The zero-order valence-electron chi connectivity index (χ0n) is 11.8. The van der Waals surface area contributed by atoms with Crippen LogP contribution in [0.15, 0.2) is 18.2 Å². The lowest BCUT2D eigenvalue weighted by Gasteiger charge is -2.46. The highest BCUT2D eigenvalue weighted by atomic mass is 16.5. The first-order valence-corrected chi connectivity index (χ1v) is 6.26. The van der Waals surface area contributed by atoms with Gasteiger partial charge in [0.2, 0.25) is 0 Å². The first kappa shape index (κ1) is 13.1. The van der Waals surface area contributed by atoms with Gasteiger partial charge in [-0.05, 0) is 18.6 Å². The molecule has 1 atom stereocenters. The maximum atomic E-state index is 12.2. The van der Waals surface area contributed by atoms with Crippen molar-refractivity contribution in [3.8, 4) is 0 Å². The van der Waals surface area contributed by atoms with Crippen LogP contribution in [0.3, 0.4) is 0 Å². The number of carbonyl (C=O) groups excluding carboxylic acids is 1. The van der Waals surface area contributed by atoms with Crippen molar-refractivity contribution >= 4 is 5.91 Å². The predicted octanol–water partition coefficient (Wildman–Crippen LogP) is 2.67. The third-order valence-electron chi connectivity index (χ3n) is 3.82. The van der Waals surface area contributed by atoms with Crippen molar-refractivity contribution in [2.24, 2.45) is 5.41 Å². The Bertz CT molecular complexity index is 488. The highest BCUT2D eigenvalue weighted by Gasteiger charge is 2.47. The van der Waals surface area contributed by atoms with Gasteiger partial charge in [-0.2, -0.15) is 0 Å². The number of nitrogens with one attached hydrogen (secondary N) is 1. The molecule has 1 aromatic rings. The Morgan fingerprint density at radius 3 is 2.56 bits per heavy atom. The first-order chi connectivity index (χ1) is 8.29. The lowest BCUT2D eigenvalue weighted by Crippen LogP contribution is -2.62. The van der Waals surface area contributed by atoms with Crippen LogP contribution in [0.5, 0.6) is 0 Å². The van der Waals surface area contributed by atoms with E-state index in [0.29, 0.717) is 6.42 Å². The van der Waals surface area contributed by atoms with Gasteiger partial charge < -0.3 is 10.1 Å². The molecule has 0 spiro atoms. The molecule has 0 aromatic heterocycles. The van der Waals surface area contributed by atoms with Crippen LogP contribution in [0, 0.1) is 12.3 Å². The number of ether oxygens (including phenoxy) is 1. The molecule has 1 heterocycles. The van der Waals surface area contributed by atoms with Crippen molar-refractivity contribution in [1.82, 2.24) is 5.32 Å². The zero-order chi connectivity index (χ0) is 13.6. The molecule has 98 valence electrons. The van der Waals surface area contributed by atoms with Crippen LogP contribution >= 0.6 is 0 Å². The highest BCUT2D eigenvalue weighted by Crippen LogP contribution is 2.37. The molecule has 2 rings (SSSR count). The van der Waals surface area contributed by atoms with Crippen LogP contribution in [0.2, 0.25) is 0 Å². The van der Waals surface area contributed by atoms with Gasteiger partial charge in [0.15, 0.2) is 0 Å². The van der Waals surface area contributed by atoms with Crippen molar-refractivity contribution < 1.29 is 9.53 Å². The van der Waals surface area contributed by atoms with Crippen molar-refractivity contribution in [2.75, 3.05) is 7.11 Å². The lowest BCUT2D eigenvalue weighted by atomic mass is 9.76. The molecule has 0 bridgehead atoms. The third-order valence-corrected chi connectivity index (χ3v) is 3.82. The van der Waals surface area contributed by atoms with E-state index in [1.165, 1.54) is 5.56 Å². The minimum absolute atomic E-state index is 0.0481. The average molecular weight is 247 g/mol. The molecule has 0 radical (unpaired) electrons. The zero-order valence-corrected chi connectivity index (χ0v) is 11.8. The van der Waals surface area contributed by atoms with Crippen molar-refractivity contribution in [3.05, 3.63) is 34.9 Å². The second-order valence-corrected chi connectivity index (χ2v) is 6.07. The maximum Gasteiger partial charge on any atom is 0.253 e. The molecule has 0 aliphatic carbocycles. The summed E-state index contributed by atoms with van der Waals surface area (Å²) in [6, 6.07) is 5.94.